The molecule has 7 heteroatoms. The van der Waals surface area contributed by atoms with Crippen LogP contribution in [0.25, 0.3) is 0 Å². The summed E-state index contributed by atoms with van der Waals surface area (Å²) in [4.78, 5) is 32.6. The molecule has 2 rings (SSSR count). The van der Waals surface area contributed by atoms with Gasteiger partial charge in [0.1, 0.15) is 0 Å². The first-order valence-corrected chi connectivity index (χ1v) is 8.76. The molecule has 0 aliphatic carbocycles. The van der Waals surface area contributed by atoms with Crippen LogP contribution in [-0.4, -0.2) is 35.7 Å². The van der Waals surface area contributed by atoms with Crippen LogP contribution < -0.4 is 15.8 Å². The Morgan fingerprint density at radius 1 is 1.29 bits per heavy atom. The van der Waals surface area contributed by atoms with E-state index in [1.807, 2.05) is 50.2 Å². The second kappa shape index (κ2) is 8.54. The Bertz CT molecular complexity index is 741. The van der Waals surface area contributed by atoms with Gasteiger partial charge in [-0.2, -0.15) is 0 Å². The van der Waals surface area contributed by atoms with Gasteiger partial charge < -0.3 is 15.2 Å². The normalized spacial score (nSPS) is 10.5. The van der Waals surface area contributed by atoms with E-state index < -0.39 is 0 Å². The largest absolute Gasteiger partial charge is 0.378 e. The van der Waals surface area contributed by atoms with E-state index in [-0.39, 0.29) is 17.2 Å². The Kier molecular flexibility index (Phi) is 6.43. The molecule has 24 heavy (non-hydrogen) atoms. The summed E-state index contributed by atoms with van der Waals surface area (Å²) < 4.78 is 0. The van der Waals surface area contributed by atoms with Gasteiger partial charge in [0, 0.05) is 37.2 Å². The Balaban J connectivity index is 1.92. The summed E-state index contributed by atoms with van der Waals surface area (Å²) in [6, 6.07) is 9.10. The molecule has 0 unspecified atom stereocenters. The molecule has 0 aliphatic heterocycles. The quantitative estimate of drug-likeness (QED) is 0.595. The minimum absolute atomic E-state index is 0.138. The molecule has 6 nitrogen and oxygen atoms in total. The molecule has 1 aromatic heterocycles. The topological polar surface area (TPSA) is 78.1 Å². The number of carbonyl (C=O) groups is 1. The van der Waals surface area contributed by atoms with Gasteiger partial charge in [0.05, 0.1) is 5.75 Å². The first kappa shape index (κ1) is 18.1. The van der Waals surface area contributed by atoms with E-state index in [1.165, 1.54) is 17.8 Å². The number of rotatable bonds is 7. The molecular weight excluding hydrogens is 324 g/mol. The Labute approximate surface area is 145 Å². The first-order valence-electron chi connectivity index (χ1n) is 7.78. The van der Waals surface area contributed by atoms with Crippen LogP contribution in [-0.2, 0) is 11.2 Å². The van der Waals surface area contributed by atoms with Gasteiger partial charge in [0.25, 0.3) is 5.56 Å². The molecule has 0 fully saturated rings. The van der Waals surface area contributed by atoms with E-state index in [0.717, 1.165) is 29.9 Å². The van der Waals surface area contributed by atoms with E-state index in [0.29, 0.717) is 5.16 Å². The number of anilines is 2. The molecule has 1 amide bonds. The molecule has 0 aliphatic rings. The number of hydrogen-bond donors (Lipinski definition) is 2. The first-order chi connectivity index (χ1) is 11.5. The van der Waals surface area contributed by atoms with E-state index >= 15 is 0 Å². The highest BCUT2D eigenvalue weighted by molar-refractivity contribution is 7.99. The zero-order valence-electron chi connectivity index (χ0n) is 14.1. The third-order valence-corrected chi connectivity index (χ3v) is 4.16. The summed E-state index contributed by atoms with van der Waals surface area (Å²) in [5, 5.41) is 3.31. The van der Waals surface area contributed by atoms with Crippen molar-refractivity contribution in [3.8, 4) is 0 Å². The molecule has 2 N–H and O–H groups in total. The third kappa shape index (κ3) is 5.42. The van der Waals surface area contributed by atoms with Crippen LogP contribution in [0.4, 0.5) is 11.4 Å². The van der Waals surface area contributed by atoms with Crippen molar-refractivity contribution < 1.29 is 4.79 Å². The van der Waals surface area contributed by atoms with Crippen molar-refractivity contribution in [2.24, 2.45) is 0 Å². The number of amides is 1. The van der Waals surface area contributed by atoms with Crippen molar-refractivity contribution in [2.45, 2.75) is 24.9 Å². The monoisotopic (exact) mass is 346 g/mol. The number of aromatic nitrogens is 2. The highest BCUT2D eigenvalue weighted by Gasteiger charge is 2.07. The van der Waals surface area contributed by atoms with Gasteiger partial charge >= 0.3 is 0 Å². The Morgan fingerprint density at radius 3 is 2.62 bits per heavy atom. The lowest BCUT2D eigenvalue weighted by Crippen LogP contribution is -2.16. The standard InChI is InChI=1S/C17H22N4O2S/c1-4-5-13-10-15(22)20-17(19-13)24-11-16(23)18-12-6-8-14(9-7-12)21(2)3/h6-10H,4-5,11H2,1-3H3,(H,18,23)(H,19,20,22). The molecule has 1 aromatic carbocycles. The number of hydrogen-bond acceptors (Lipinski definition) is 5. The molecular formula is C17H22N4O2S. The van der Waals surface area contributed by atoms with Crippen LogP contribution in [0.5, 0.6) is 0 Å². The summed E-state index contributed by atoms with van der Waals surface area (Å²) >= 11 is 1.22. The Hall–Kier alpha value is -2.28. The molecule has 128 valence electrons. The van der Waals surface area contributed by atoms with E-state index in [4.69, 9.17) is 0 Å². The summed E-state index contributed by atoms with van der Waals surface area (Å²) in [5.74, 6) is 0.0506. The van der Waals surface area contributed by atoms with Crippen LogP contribution in [0.15, 0.2) is 40.3 Å². The van der Waals surface area contributed by atoms with Crippen LogP contribution >= 0.6 is 11.8 Å². The highest BCUT2D eigenvalue weighted by atomic mass is 32.2. The van der Waals surface area contributed by atoms with Crippen molar-refractivity contribution in [3.63, 3.8) is 0 Å². The number of aryl methyl sites for hydroxylation is 1. The van der Waals surface area contributed by atoms with Gasteiger partial charge in [-0.15, -0.1) is 0 Å². The second-order valence-electron chi connectivity index (χ2n) is 5.57. The number of nitrogens with one attached hydrogen (secondary N) is 2. The fourth-order valence-corrected chi connectivity index (χ4v) is 2.80. The fraction of sp³-hybridized carbons (Fsp3) is 0.353. The molecule has 0 spiro atoms. The zero-order valence-corrected chi connectivity index (χ0v) is 14.9. The lowest BCUT2D eigenvalue weighted by Gasteiger charge is -2.13. The van der Waals surface area contributed by atoms with Crippen LogP contribution in [0, 0.1) is 0 Å². The maximum absolute atomic E-state index is 12.0. The molecule has 0 radical (unpaired) electrons. The van der Waals surface area contributed by atoms with E-state index in [1.54, 1.807) is 0 Å². The minimum atomic E-state index is -0.185. The maximum atomic E-state index is 12.0. The summed E-state index contributed by atoms with van der Waals surface area (Å²) in [5.41, 5.74) is 2.38. The molecule has 0 bridgehead atoms. The van der Waals surface area contributed by atoms with Crippen LogP contribution in [0.2, 0.25) is 0 Å². The van der Waals surface area contributed by atoms with Crippen molar-refractivity contribution >= 4 is 29.0 Å². The van der Waals surface area contributed by atoms with Gasteiger partial charge in [0.2, 0.25) is 5.91 Å². The number of nitrogens with zero attached hydrogens (tertiary/aromatic N) is 2. The highest BCUT2D eigenvalue weighted by Crippen LogP contribution is 2.17. The average molecular weight is 346 g/mol. The van der Waals surface area contributed by atoms with E-state index in [9.17, 15) is 9.59 Å². The van der Waals surface area contributed by atoms with Crippen molar-refractivity contribution in [2.75, 3.05) is 30.1 Å². The number of aromatic amines is 1. The van der Waals surface area contributed by atoms with E-state index in [2.05, 4.69) is 15.3 Å². The van der Waals surface area contributed by atoms with Gasteiger partial charge in [-0.05, 0) is 30.7 Å². The predicted octanol–water partition coefficient (Wildman–Crippen LogP) is 2.52. The van der Waals surface area contributed by atoms with Crippen molar-refractivity contribution in [1.29, 1.82) is 0 Å². The van der Waals surface area contributed by atoms with Crippen molar-refractivity contribution in [1.82, 2.24) is 9.97 Å². The summed E-state index contributed by atoms with van der Waals surface area (Å²) in [6.45, 7) is 2.03. The summed E-state index contributed by atoms with van der Waals surface area (Å²) in [6.07, 6.45) is 1.67. The predicted molar refractivity (Wildman–Crippen MR) is 99.0 cm³/mol. The summed E-state index contributed by atoms with van der Waals surface area (Å²) in [7, 11) is 3.93. The lowest BCUT2D eigenvalue weighted by atomic mass is 10.2. The molecule has 0 saturated carbocycles. The van der Waals surface area contributed by atoms with Gasteiger partial charge in [0.15, 0.2) is 5.16 Å². The van der Waals surface area contributed by atoms with Crippen LogP contribution in [0.1, 0.15) is 19.0 Å². The van der Waals surface area contributed by atoms with Gasteiger partial charge in [-0.1, -0.05) is 25.1 Å². The zero-order chi connectivity index (χ0) is 17.5. The van der Waals surface area contributed by atoms with Crippen LogP contribution in [0.3, 0.4) is 0 Å². The molecule has 0 saturated heterocycles. The average Bonchev–Trinajstić information content (AvgIpc) is 2.53. The molecule has 2 aromatic rings. The molecule has 1 heterocycles. The second-order valence-corrected chi connectivity index (χ2v) is 6.53. The van der Waals surface area contributed by atoms with Gasteiger partial charge in [-0.3, -0.25) is 9.59 Å². The smallest absolute Gasteiger partial charge is 0.251 e. The minimum Gasteiger partial charge on any atom is -0.378 e. The molecule has 0 atom stereocenters. The van der Waals surface area contributed by atoms with Gasteiger partial charge in [-0.25, -0.2) is 4.98 Å². The number of benzene rings is 1. The number of carbonyl (C=O) groups excluding carboxylic acids is 1. The number of thioether (sulfide) groups is 1. The van der Waals surface area contributed by atoms with Crippen molar-refractivity contribution in [3.05, 3.63) is 46.4 Å². The lowest BCUT2D eigenvalue weighted by molar-refractivity contribution is -0.113. The SMILES string of the molecule is CCCc1cc(=O)[nH]c(SCC(=O)Nc2ccc(N(C)C)cc2)n1. The maximum Gasteiger partial charge on any atom is 0.251 e. The fourth-order valence-electron chi connectivity index (χ4n) is 2.11. The number of H-pyrrole nitrogens is 1. The Morgan fingerprint density at radius 2 is 2.00 bits per heavy atom. The third-order valence-electron chi connectivity index (χ3n) is 3.29.